The van der Waals surface area contributed by atoms with Crippen LogP contribution in [0.3, 0.4) is 0 Å². The van der Waals surface area contributed by atoms with E-state index in [1.54, 1.807) is 0 Å². The molecule has 0 saturated carbocycles. The van der Waals surface area contributed by atoms with Crippen LogP contribution < -0.4 is 15.4 Å². The second-order valence-corrected chi connectivity index (χ2v) is 8.12. The van der Waals surface area contributed by atoms with E-state index in [1.165, 1.54) is 5.56 Å². The van der Waals surface area contributed by atoms with Gasteiger partial charge in [0.25, 0.3) is 0 Å². The zero-order valence-electron chi connectivity index (χ0n) is 18.4. The van der Waals surface area contributed by atoms with Crippen LogP contribution in [0, 0.1) is 20.8 Å². The van der Waals surface area contributed by atoms with E-state index >= 15 is 0 Å². The van der Waals surface area contributed by atoms with Crippen LogP contribution >= 0.6 is 12.2 Å². The molecule has 1 aromatic heterocycles. The molecule has 0 aliphatic rings. The zero-order valence-corrected chi connectivity index (χ0v) is 19.2. The number of benzene rings is 3. The predicted molar refractivity (Wildman–Crippen MR) is 135 cm³/mol. The van der Waals surface area contributed by atoms with Crippen LogP contribution in [0.4, 0.5) is 11.4 Å². The molecule has 4 rings (SSSR count). The van der Waals surface area contributed by atoms with Gasteiger partial charge in [-0.15, -0.1) is 0 Å². The number of thiocarbonyl (C=S) groups is 1. The molecule has 0 unspecified atom stereocenters. The van der Waals surface area contributed by atoms with Crippen LogP contribution in [-0.2, 0) is 6.54 Å². The van der Waals surface area contributed by atoms with Crippen LogP contribution in [0.25, 0.3) is 0 Å². The SMILES string of the molecule is Cc1ccc(NC(=S)Nc2c(C)nn(Cc3cccc(Oc4ccccc4)c3)c2C)cc1. The molecule has 3 aromatic carbocycles. The highest BCUT2D eigenvalue weighted by atomic mass is 32.1. The highest BCUT2D eigenvalue weighted by molar-refractivity contribution is 7.80. The third-order valence-corrected chi connectivity index (χ3v) is 5.34. The second-order valence-electron chi connectivity index (χ2n) is 7.71. The van der Waals surface area contributed by atoms with Gasteiger partial charge < -0.3 is 15.4 Å². The molecular formula is C26H26N4OS. The van der Waals surface area contributed by atoms with Crippen molar-refractivity contribution in [2.24, 2.45) is 0 Å². The lowest BCUT2D eigenvalue weighted by Crippen LogP contribution is -2.20. The molecule has 0 fully saturated rings. The predicted octanol–water partition coefficient (Wildman–Crippen LogP) is 6.46. The fourth-order valence-corrected chi connectivity index (χ4v) is 3.67. The summed E-state index contributed by atoms with van der Waals surface area (Å²) in [5.41, 5.74) is 6.10. The number of anilines is 2. The molecule has 0 bridgehead atoms. The monoisotopic (exact) mass is 442 g/mol. The molecule has 32 heavy (non-hydrogen) atoms. The Morgan fingerprint density at radius 2 is 1.59 bits per heavy atom. The molecule has 0 saturated heterocycles. The number of aromatic nitrogens is 2. The number of para-hydroxylation sites is 1. The average molecular weight is 443 g/mol. The first-order valence-corrected chi connectivity index (χ1v) is 10.9. The third-order valence-electron chi connectivity index (χ3n) is 5.14. The maximum absolute atomic E-state index is 5.97. The summed E-state index contributed by atoms with van der Waals surface area (Å²) in [6.07, 6.45) is 0. The smallest absolute Gasteiger partial charge is 0.175 e. The molecule has 6 heteroatoms. The van der Waals surface area contributed by atoms with Crippen molar-refractivity contribution < 1.29 is 4.74 Å². The Morgan fingerprint density at radius 1 is 0.875 bits per heavy atom. The molecule has 162 valence electrons. The van der Waals surface area contributed by atoms with Crippen LogP contribution in [0.2, 0.25) is 0 Å². The maximum atomic E-state index is 5.97. The van der Waals surface area contributed by atoms with Gasteiger partial charge in [-0.25, -0.2) is 0 Å². The van der Waals surface area contributed by atoms with Gasteiger partial charge in [0.2, 0.25) is 0 Å². The zero-order chi connectivity index (χ0) is 22.5. The van der Waals surface area contributed by atoms with Crippen molar-refractivity contribution in [2.45, 2.75) is 27.3 Å². The number of hydrogen-bond donors (Lipinski definition) is 2. The summed E-state index contributed by atoms with van der Waals surface area (Å²) >= 11 is 5.51. The van der Waals surface area contributed by atoms with Crippen LogP contribution in [0.1, 0.15) is 22.5 Å². The Kier molecular flexibility index (Phi) is 6.52. The first-order chi connectivity index (χ1) is 15.5. The third kappa shape index (κ3) is 5.34. The molecule has 0 amide bonds. The number of ether oxygens (including phenoxy) is 1. The van der Waals surface area contributed by atoms with E-state index in [-0.39, 0.29) is 0 Å². The minimum atomic E-state index is 0.540. The molecule has 0 spiro atoms. The molecule has 0 aliphatic carbocycles. The summed E-state index contributed by atoms with van der Waals surface area (Å²) in [5.74, 6) is 1.62. The van der Waals surface area contributed by atoms with Gasteiger partial charge in [-0.3, -0.25) is 4.68 Å². The quantitative estimate of drug-likeness (QED) is 0.336. The van der Waals surface area contributed by atoms with Crippen LogP contribution in [0.5, 0.6) is 11.5 Å². The van der Waals surface area contributed by atoms with E-state index in [2.05, 4.69) is 35.8 Å². The number of rotatable bonds is 6. The number of nitrogens with one attached hydrogen (secondary N) is 2. The molecule has 0 atom stereocenters. The van der Waals surface area contributed by atoms with Gasteiger partial charge in [-0.05, 0) is 75.0 Å². The first-order valence-electron chi connectivity index (χ1n) is 10.5. The van der Waals surface area contributed by atoms with Gasteiger partial charge in [0, 0.05) is 5.69 Å². The summed E-state index contributed by atoms with van der Waals surface area (Å²) in [4.78, 5) is 0. The van der Waals surface area contributed by atoms with Crippen molar-refractivity contribution in [2.75, 3.05) is 10.6 Å². The van der Waals surface area contributed by atoms with Crippen LogP contribution in [-0.4, -0.2) is 14.9 Å². The van der Waals surface area contributed by atoms with E-state index in [9.17, 15) is 0 Å². The largest absolute Gasteiger partial charge is 0.457 e. The lowest BCUT2D eigenvalue weighted by molar-refractivity contribution is 0.481. The van der Waals surface area contributed by atoms with Gasteiger partial charge in [0.1, 0.15) is 11.5 Å². The Hall–Kier alpha value is -3.64. The van der Waals surface area contributed by atoms with E-state index in [1.807, 2.05) is 79.2 Å². The molecule has 0 radical (unpaired) electrons. The molecule has 5 nitrogen and oxygen atoms in total. The molecule has 4 aromatic rings. The highest BCUT2D eigenvalue weighted by Crippen LogP contribution is 2.24. The Morgan fingerprint density at radius 3 is 2.34 bits per heavy atom. The topological polar surface area (TPSA) is 51.1 Å². The maximum Gasteiger partial charge on any atom is 0.175 e. The Balaban J connectivity index is 1.45. The Bertz CT molecular complexity index is 1220. The van der Waals surface area contributed by atoms with Crippen molar-refractivity contribution in [1.82, 2.24) is 9.78 Å². The minimum Gasteiger partial charge on any atom is -0.457 e. The normalized spacial score (nSPS) is 10.6. The van der Waals surface area contributed by atoms with Gasteiger partial charge in [0.15, 0.2) is 5.11 Å². The summed E-state index contributed by atoms with van der Waals surface area (Å²) in [6, 6.07) is 26.0. The fourth-order valence-electron chi connectivity index (χ4n) is 3.45. The lowest BCUT2D eigenvalue weighted by Gasteiger charge is -2.12. The van der Waals surface area contributed by atoms with Gasteiger partial charge in [0.05, 0.1) is 23.6 Å². The molecule has 2 N–H and O–H groups in total. The van der Waals surface area contributed by atoms with Crippen LogP contribution in [0.15, 0.2) is 78.9 Å². The van der Waals surface area contributed by atoms with E-state index in [0.717, 1.165) is 39.8 Å². The van der Waals surface area contributed by atoms with Crippen molar-refractivity contribution in [3.8, 4) is 11.5 Å². The summed E-state index contributed by atoms with van der Waals surface area (Å²) in [6.45, 7) is 6.72. The summed E-state index contributed by atoms with van der Waals surface area (Å²) < 4.78 is 7.95. The molecule has 1 heterocycles. The number of aryl methyl sites for hydroxylation is 2. The van der Waals surface area contributed by atoms with Crippen molar-refractivity contribution >= 4 is 28.7 Å². The van der Waals surface area contributed by atoms with Crippen molar-refractivity contribution in [1.29, 1.82) is 0 Å². The summed E-state index contributed by atoms with van der Waals surface area (Å²) in [5, 5.41) is 11.8. The standard InChI is InChI=1S/C26H26N4OS/c1-18-12-14-22(15-13-18)27-26(32)28-25-19(2)29-30(20(25)3)17-21-8-7-11-24(16-21)31-23-9-5-4-6-10-23/h4-16H,17H2,1-3H3,(H2,27,28,32). The van der Waals surface area contributed by atoms with Gasteiger partial charge in [-0.1, -0.05) is 48.0 Å². The van der Waals surface area contributed by atoms with E-state index in [0.29, 0.717) is 11.7 Å². The lowest BCUT2D eigenvalue weighted by atomic mass is 10.2. The van der Waals surface area contributed by atoms with E-state index in [4.69, 9.17) is 22.1 Å². The van der Waals surface area contributed by atoms with Crippen molar-refractivity contribution in [3.05, 3.63) is 101 Å². The molecular weight excluding hydrogens is 416 g/mol. The van der Waals surface area contributed by atoms with Crippen molar-refractivity contribution in [3.63, 3.8) is 0 Å². The highest BCUT2D eigenvalue weighted by Gasteiger charge is 2.13. The molecule has 0 aliphatic heterocycles. The fraction of sp³-hybridized carbons (Fsp3) is 0.154. The number of nitrogens with zero attached hydrogens (tertiary/aromatic N) is 2. The second kappa shape index (κ2) is 9.66. The number of hydrogen-bond acceptors (Lipinski definition) is 3. The first kappa shape index (κ1) is 21.6. The summed E-state index contributed by atoms with van der Waals surface area (Å²) in [7, 11) is 0. The average Bonchev–Trinajstić information content (AvgIpc) is 3.03. The van der Waals surface area contributed by atoms with Gasteiger partial charge in [-0.2, -0.15) is 5.10 Å². The van der Waals surface area contributed by atoms with Gasteiger partial charge >= 0.3 is 0 Å². The minimum absolute atomic E-state index is 0.540. The Labute approximate surface area is 194 Å². The van der Waals surface area contributed by atoms with E-state index < -0.39 is 0 Å².